The summed E-state index contributed by atoms with van der Waals surface area (Å²) in [6, 6.07) is 14.8. The Morgan fingerprint density at radius 2 is 1.86 bits per heavy atom. The SMILES string of the molecule is CSc1ccc(CSc2nnc(COc3cc(C)ccc3C(C)C)n2N)cc1. The van der Waals surface area contributed by atoms with Gasteiger partial charge in [-0.15, -0.1) is 22.0 Å². The van der Waals surface area contributed by atoms with Gasteiger partial charge in [0.05, 0.1) is 0 Å². The molecule has 0 fully saturated rings. The number of hydrogen-bond donors (Lipinski definition) is 1. The maximum Gasteiger partial charge on any atom is 0.210 e. The van der Waals surface area contributed by atoms with Crippen LogP contribution in [0.15, 0.2) is 52.5 Å². The third kappa shape index (κ3) is 5.02. The van der Waals surface area contributed by atoms with Crippen LogP contribution in [0.25, 0.3) is 0 Å². The van der Waals surface area contributed by atoms with E-state index in [-0.39, 0.29) is 6.61 Å². The van der Waals surface area contributed by atoms with E-state index in [2.05, 4.69) is 79.7 Å². The highest BCUT2D eigenvalue weighted by atomic mass is 32.2. The molecule has 0 saturated heterocycles. The first kappa shape index (κ1) is 20.6. The topological polar surface area (TPSA) is 66.0 Å². The number of aromatic nitrogens is 3. The molecule has 7 heteroatoms. The van der Waals surface area contributed by atoms with Crippen LogP contribution in [0.3, 0.4) is 0 Å². The normalized spacial score (nSPS) is 11.2. The Morgan fingerprint density at radius 3 is 2.54 bits per heavy atom. The Hall–Kier alpha value is -2.12. The third-order valence-electron chi connectivity index (χ3n) is 4.41. The van der Waals surface area contributed by atoms with Crippen LogP contribution in [0.5, 0.6) is 5.75 Å². The van der Waals surface area contributed by atoms with Crippen LogP contribution in [0.1, 0.15) is 42.3 Å². The molecule has 0 atom stereocenters. The van der Waals surface area contributed by atoms with Gasteiger partial charge in [0.25, 0.3) is 0 Å². The van der Waals surface area contributed by atoms with Crippen molar-refractivity contribution in [1.29, 1.82) is 0 Å². The van der Waals surface area contributed by atoms with Crippen LogP contribution in [0.4, 0.5) is 0 Å². The second kappa shape index (κ2) is 9.39. The summed E-state index contributed by atoms with van der Waals surface area (Å²) in [4.78, 5) is 1.26. The summed E-state index contributed by atoms with van der Waals surface area (Å²) >= 11 is 3.31. The Kier molecular flexibility index (Phi) is 6.91. The molecule has 0 bridgehead atoms. The summed E-state index contributed by atoms with van der Waals surface area (Å²) < 4.78 is 7.55. The Labute approximate surface area is 175 Å². The second-order valence-electron chi connectivity index (χ2n) is 6.89. The van der Waals surface area contributed by atoms with E-state index in [1.165, 1.54) is 20.7 Å². The highest BCUT2D eigenvalue weighted by Crippen LogP contribution is 2.28. The van der Waals surface area contributed by atoms with Crippen molar-refractivity contribution in [3.8, 4) is 5.75 Å². The standard InChI is InChI=1S/C21H26N4OS2/c1-14(2)18-10-5-15(3)11-19(18)26-12-20-23-24-21(25(20)22)28-13-16-6-8-17(27-4)9-7-16/h5-11,14H,12-13,22H2,1-4H3. The predicted molar refractivity (Wildman–Crippen MR) is 118 cm³/mol. The molecule has 0 unspecified atom stereocenters. The second-order valence-corrected chi connectivity index (χ2v) is 8.71. The van der Waals surface area contributed by atoms with Crippen LogP contribution >= 0.6 is 23.5 Å². The molecule has 148 valence electrons. The van der Waals surface area contributed by atoms with E-state index >= 15 is 0 Å². The molecule has 3 aromatic rings. The molecular weight excluding hydrogens is 388 g/mol. The van der Waals surface area contributed by atoms with Gasteiger partial charge in [-0.25, -0.2) is 4.68 Å². The highest BCUT2D eigenvalue weighted by molar-refractivity contribution is 7.98. The highest BCUT2D eigenvalue weighted by Gasteiger charge is 2.13. The molecular formula is C21H26N4OS2. The lowest BCUT2D eigenvalue weighted by atomic mass is 10.0. The molecule has 2 N–H and O–H groups in total. The van der Waals surface area contributed by atoms with Crippen molar-refractivity contribution in [2.75, 3.05) is 12.1 Å². The lowest BCUT2D eigenvalue weighted by Gasteiger charge is -2.14. The number of ether oxygens (including phenoxy) is 1. The van der Waals surface area contributed by atoms with Gasteiger partial charge in [-0.05, 0) is 54.0 Å². The summed E-state index contributed by atoms with van der Waals surface area (Å²) in [7, 11) is 0. The molecule has 0 aliphatic rings. The summed E-state index contributed by atoms with van der Waals surface area (Å²) in [5.41, 5.74) is 3.57. The minimum atomic E-state index is 0.287. The Balaban J connectivity index is 1.64. The van der Waals surface area contributed by atoms with E-state index in [4.69, 9.17) is 10.6 Å². The Bertz CT molecular complexity index is 923. The van der Waals surface area contributed by atoms with Gasteiger partial charge in [0.15, 0.2) is 5.82 Å². The van der Waals surface area contributed by atoms with Crippen molar-refractivity contribution in [3.63, 3.8) is 0 Å². The lowest BCUT2D eigenvalue weighted by molar-refractivity contribution is 0.287. The van der Waals surface area contributed by atoms with Crippen molar-refractivity contribution in [2.24, 2.45) is 0 Å². The van der Waals surface area contributed by atoms with Gasteiger partial charge in [0.1, 0.15) is 12.4 Å². The number of thioether (sulfide) groups is 2. The van der Waals surface area contributed by atoms with Gasteiger partial charge in [0, 0.05) is 10.6 Å². The van der Waals surface area contributed by atoms with Gasteiger partial charge in [-0.3, -0.25) is 0 Å². The number of aryl methyl sites for hydroxylation is 1. The summed E-state index contributed by atoms with van der Waals surface area (Å²) in [5, 5.41) is 9.11. The first-order valence-corrected chi connectivity index (χ1v) is 11.4. The quantitative estimate of drug-likeness (QED) is 0.412. The molecule has 1 aromatic heterocycles. The minimum Gasteiger partial charge on any atom is -0.485 e. The van der Waals surface area contributed by atoms with Gasteiger partial charge < -0.3 is 10.6 Å². The maximum atomic E-state index is 6.19. The molecule has 1 heterocycles. The maximum absolute atomic E-state index is 6.19. The van der Waals surface area contributed by atoms with Crippen molar-refractivity contribution >= 4 is 23.5 Å². The van der Waals surface area contributed by atoms with Crippen molar-refractivity contribution in [2.45, 2.75) is 49.1 Å². The monoisotopic (exact) mass is 414 g/mol. The Morgan fingerprint density at radius 1 is 1.11 bits per heavy atom. The first-order valence-electron chi connectivity index (χ1n) is 9.16. The summed E-state index contributed by atoms with van der Waals surface area (Å²) in [5.74, 6) is 8.85. The number of nitrogens with zero attached hydrogens (tertiary/aromatic N) is 3. The average Bonchev–Trinajstić information content (AvgIpc) is 3.04. The van der Waals surface area contributed by atoms with Gasteiger partial charge in [0.2, 0.25) is 5.16 Å². The van der Waals surface area contributed by atoms with Gasteiger partial charge in [-0.2, -0.15) is 0 Å². The number of rotatable bonds is 8. The van der Waals surface area contributed by atoms with E-state index in [1.807, 2.05) is 0 Å². The van der Waals surface area contributed by atoms with Gasteiger partial charge >= 0.3 is 0 Å². The molecule has 0 aliphatic heterocycles. The minimum absolute atomic E-state index is 0.287. The van der Waals surface area contributed by atoms with Crippen molar-refractivity contribution in [3.05, 3.63) is 65.0 Å². The van der Waals surface area contributed by atoms with E-state index in [0.29, 0.717) is 16.9 Å². The van der Waals surface area contributed by atoms with E-state index in [9.17, 15) is 0 Å². The van der Waals surface area contributed by atoms with Crippen LogP contribution in [0, 0.1) is 6.92 Å². The van der Waals surface area contributed by atoms with Crippen molar-refractivity contribution in [1.82, 2.24) is 14.9 Å². The number of nitrogens with two attached hydrogens (primary N) is 1. The average molecular weight is 415 g/mol. The fourth-order valence-corrected chi connectivity index (χ4v) is 4.00. The molecule has 2 aromatic carbocycles. The molecule has 28 heavy (non-hydrogen) atoms. The van der Waals surface area contributed by atoms with E-state index in [1.54, 1.807) is 23.5 Å². The zero-order valence-corrected chi connectivity index (χ0v) is 18.3. The molecule has 0 amide bonds. The zero-order chi connectivity index (χ0) is 20.1. The molecule has 5 nitrogen and oxygen atoms in total. The molecule has 0 saturated carbocycles. The van der Waals surface area contributed by atoms with E-state index in [0.717, 1.165) is 17.1 Å². The largest absolute Gasteiger partial charge is 0.485 e. The summed E-state index contributed by atoms with van der Waals surface area (Å²) in [6.07, 6.45) is 2.07. The van der Waals surface area contributed by atoms with Crippen molar-refractivity contribution < 1.29 is 4.74 Å². The van der Waals surface area contributed by atoms with Crippen LogP contribution in [-0.4, -0.2) is 21.1 Å². The number of hydrogen-bond acceptors (Lipinski definition) is 6. The smallest absolute Gasteiger partial charge is 0.210 e. The molecule has 3 rings (SSSR count). The number of nitrogen functional groups attached to an aromatic ring is 1. The fraction of sp³-hybridized carbons (Fsp3) is 0.333. The molecule has 0 radical (unpaired) electrons. The number of benzene rings is 2. The summed E-state index contributed by atoms with van der Waals surface area (Å²) in [6.45, 7) is 6.66. The van der Waals surface area contributed by atoms with E-state index < -0.39 is 0 Å². The third-order valence-corrected chi connectivity index (χ3v) is 6.17. The van der Waals surface area contributed by atoms with Gasteiger partial charge in [-0.1, -0.05) is 49.9 Å². The molecule has 0 spiro atoms. The van der Waals surface area contributed by atoms with Crippen LogP contribution in [0.2, 0.25) is 0 Å². The first-order chi connectivity index (χ1) is 13.5. The molecule has 0 aliphatic carbocycles. The zero-order valence-electron chi connectivity index (χ0n) is 16.7. The van der Waals surface area contributed by atoms with Crippen LogP contribution < -0.4 is 10.6 Å². The lowest BCUT2D eigenvalue weighted by Crippen LogP contribution is -2.16. The predicted octanol–water partition coefficient (Wildman–Crippen LogP) is 5.02. The fourth-order valence-electron chi connectivity index (χ4n) is 2.76. The van der Waals surface area contributed by atoms with Crippen LogP contribution in [-0.2, 0) is 12.4 Å².